The molecular formula is C19H21N3O4. The summed E-state index contributed by atoms with van der Waals surface area (Å²) >= 11 is 0. The molecule has 2 aliphatic rings. The van der Waals surface area contributed by atoms with Crippen molar-refractivity contribution < 1.29 is 19.8 Å². The number of carboxylic acids is 1. The van der Waals surface area contributed by atoms with Crippen LogP contribution in [0.25, 0.3) is 0 Å². The zero-order valence-electron chi connectivity index (χ0n) is 14.3. The van der Waals surface area contributed by atoms with Crippen molar-refractivity contribution in [2.24, 2.45) is 16.1 Å². The third kappa shape index (κ3) is 3.85. The minimum absolute atomic E-state index is 0.0880. The average molecular weight is 355 g/mol. The number of rotatable bonds is 7. The molecule has 1 amide bonds. The molecule has 3 rings (SSSR count). The lowest BCUT2D eigenvalue weighted by atomic mass is 9.89. The minimum atomic E-state index is -0.920. The normalized spacial score (nSPS) is 22.8. The van der Waals surface area contributed by atoms with E-state index in [9.17, 15) is 19.8 Å². The van der Waals surface area contributed by atoms with Gasteiger partial charge in [0.2, 0.25) is 5.91 Å². The molecule has 136 valence electrons. The van der Waals surface area contributed by atoms with E-state index in [1.807, 2.05) is 0 Å². The Bertz CT molecular complexity index is 760. The van der Waals surface area contributed by atoms with Crippen molar-refractivity contribution in [3.8, 4) is 18.1 Å². The number of aromatic hydroxyl groups is 1. The molecule has 2 atom stereocenters. The quantitative estimate of drug-likeness (QED) is 0.733. The summed E-state index contributed by atoms with van der Waals surface area (Å²) in [6.45, 7) is 0.539. The molecule has 0 aromatic heterocycles. The first-order chi connectivity index (χ1) is 12.4. The third-order valence-electron chi connectivity index (χ3n) is 5.10. The van der Waals surface area contributed by atoms with Crippen LogP contribution < -0.4 is 0 Å². The molecule has 7 heteroatoms. The van der Waals surface area contributed by atoms with Crippen LogP contribution in [0.5, 0.6) is 5.75 Å². The lowest BCUT2D eigenvalue weighted by Crippen LogP contribution is -2.30. The molecule has 0 spiro atoms. The number of likely N-dealkylation sites (tertiary alicyclic amines) is 1. The first-order valence-corrected chi connectivity index (χ1v) is 8.61. The van der Waals surface area contributed by atoms with Crippen LogP contribution in [0, 0.1) is 18.3 Å². The standard InChI is InChI=1S/C19H21N3O4/c1-2-3-9-19(20-21-19)10-8-17(24)22-11-15(16(12-22)18(25)26)13-4-6-14(23)7-5-13/h1,4-7,15-16,23H,3,8-12H2,(H,25,26)/t15-,16+/m0/s1. The maximum absolute atomic E-state index is 12.6. The second-order valence-electron chi connectivity index (χ2n) is 6.83. The molecule has 2 aliphatic heterocycles. The van der Waals surface area contributed by atoms with Crippen LogP contribution in [0.1, 0.15) is 37.2 Å². The maximum atomic E-state index is 12.6. The topological polar surface area (TPSA) is 103 Å². The maximum Gasteiger partial charge on any atom is 0.308 e. The summed E-state index contributed by atoms with van der Waals surface area (Å²) in [7, 11) is 0. The van der Waals surface area contributed by atoms with E-state index in [0.717, 1.165) is 5.56 Å². The number of hydrogen-bond acceptors (Lipinski definition) is 5. The zero-order valence-corrected chi connectivity index (χ0v) is 14.3. The molecule has 0 aliphatic carbocycles. The van der Waals surface area contributed by atoms with Crippen LogP contribution in [0.4, 0.5) is 0 Å². The highest BCUT2D eigenvalue weighted by Crippen LogP contribution is 2.39. The summed E-state index contributed by atoms with van der Waals surface area (Å²) in [5.74, 6) is 0.724. The largest absolute Gasteiger partial charge is 0.508 e. The molecule has 2 N–H and O–H groups in total. The van der Waals surface area contributed by atoms with Gasteiger partial charge in [0.1, 0.15) is 5.75 Å². The van der Waals surface area contributed by atoms with Crippen LogP contribution in [0.2, 0.25) is 0 Å². The molecule has 1 aromatic rings. The number of hydrogen-bond donors (Lipinski definition) is 2. The molecule has 1 fully saturated rings. The van der Waals surface area contributed by atoms with E-state index in [-0.39, 0.29) is 30.5 Å². The summed E-state index contributed by atoms with van der Waals surface area (Å²) < 4.78 is 0. The molecule has 0 unspecified atom stereocenters. The number of phenols is 1. The van der Waals surface area contributed by atoms with E-state index < -0.39 is 17.6 Å². The van der Waals surface area contributed by atoms with Gasteiger partial charge < -0.3 is 15.1 Å². The fourth-order valence-corrected chi connectivity index (χ4v) is 3.45. The highest BCUT2D eigenvalue weighted by Gasteiger charge is 2.43. The molecule has 26 heavy (non-hydrogen) atoms. The van der Waals surface area contributed by atoms with Gasteiger partial charge in [-0.2, -0.15) is 10.2 Å². The number of carboxylic acid groups (broad SMARTS) is 1. The monoisotopic (exact) mass is 355 g/mol. The third-order valence-corrected chi connectivity index (χ3v) is 5.10. The van der Waals surface area contributed by atoms with Crippen molar-refractivity contribution in [1.82, 2.24) is 4.90 Å². The number of aliphatic carboxylic acids is 1. The molecule has 1 saturated heterocycles. The van der Waals surface area contributed by atoms with Crippen molar-refractivity contribution in [3.63, 3.8) is 0 Å². The number of carbonyl (C=O) groups excluding carboxylic acids is 1. The Morgan fingerprint density at radius 3 is 2.50 bits per heavy atom. The highest BCUT2D eigenvalue weighted by molar-refractivity contribution is 5.79. The Kier molecular flexibility index (Phi) is 4.94. The molecule has 0 saturated carbocycles. The Morgan fingerprint density at radius 2 is 1.92 bits per heavy atom. The lowest BCUT2D eigenvalue weighted by molar-refractivity contribution is -0.141. The van der Waals surface area contributed by atoms with Gasteiger partial charge in [0.15, 0.2) is 5.66 Å². The minimum Gasteiger partial charge on any atom is -0.508 e. The molecule has 0 radical (unpaired) electrons. The molecule has 0 bridgehead atoms. The van der Waals surface area contributed by atoms with Gasteiger partial charge in [0.25, 0.3) is 0 Å². The van der Waals surface area contributed by atoms with Crippen LogP contribution in [-0.4, -0.2) is 45.7 Å². The van der Waals surface area contributed by atoms with E-state index in [1.165, 1.54) is 12.1 Å². The van der Waals surface area contributed by atoms with Gasteiger partial charge >= 0.3 is 5.97 Å². The van der Waals surface area contributed by atoms with E-state index in [0.29, 0.717) is 25.8 Å². The van der Waals surface area contributed by atoms with E-state index in [1.54, 1.807) is 17.0 Å². The number of benzene rings is 1. The fourth-order valence-electron chi connectivity index (χ4n) is 3.45. The SMILES string of the molecule is C#CCCC1(CCC(=O)N2C[C@@H](C(=O)O)[C@H](c3ccc(O)cc3)C2)N=N1. The smallest absolute Gasteiger partial charge is 0.308 e. The number of phenolic OH excluding ortho intramolecular Hbond substituents is 1. The second-order valence-corrected chi connectivity index (χ2v) is 6.83. The van der Waals surface area contributed by atoms with E-state index in [4.69, 9.17) is 6.42 Å². The van der Waals surface area contributed by atoms with Crippen LogP contribution in [0.15, 0.2) is 34.5 Å². The Morgan fingerprint density at radius 1 is 1.23 bits per heavy atom. The van der Waals surface area contributed by atoms with Crippen LogP contribution >= 0.6 is 0 Å². The van der Waals surface area contributed by atoms with Crippen molar-refractivity contribution >= 4 is 11.9 Å². The number of carbonyl (C=O) groups is 2. The fraction of sp³-hybridized carbons (Fsp3) is 0.474. The molecule has 1 aromatic carbocycles. The van der Waals surface area contributed by atoms with Crippen molar-refractivity contribution in [2.75, 3.05) is 13.1 Å². The highest BCUT2D eigenvalue weighted by atomic mass is 16.4. The van der Waals surface area contributed by atoms with Crippen LogP contribution in [-0.2, 0) is 9.59 Å². The number of nitrogens with zero attached hydrogens (tertiary/aromatic N) is 3. The summed E-state index contributed by atoms with van der Waals surface area (Å²) in [6.07, 6.45) is 7.25. The first kappa shape index (κ1) is 17.9. The van der Waals surface area contributed by atoms with Gasteiger partial charge in [-0.25, -0.2) is 0 Å². The summed E-state index contributed by atoms with van der Waals surface area (Å²) in [6, 6.07) is 6.48. The van der Waals surface area contributed by atoms with Gasteiger partial charge in [0, 0.05) is 44.7 Å². The van der Waals surface area contributed by atoms with Crippen molar-refractivity contribution in [1.29, 1.82) is 0 Å². The van der Waals surface area contributed by atoms with Gasteiger partial charge in [-0.3, -0.25) is 9.59 Å². The first-order valence-electron chi connectivity index (χ1n) is 8.61. The summed E-state index contributed by atoms with van der Waals surface area (Å²) in [4.78, 5) is 25.8. The molecular weight excluding hydrogens is 334 g/mol. The zero-order chi connectivity index (χ0) is 18.7. The van der Waals surface area contributed by atoms with Gasteiger partial charge in [-0.1, -0.05) is 12.1 Å². The summed E-state index contributed by atoms with van der Waals surface area (Å²) in [5, 5.41) is 27.0. The predicted octanol–water partition coefficient (Wildman–Crippen LogP) is 2.37. The summed E-state index contributed by atoms with van der Waals surface area (Å²) in [5.41, 5.74) is 0.299. The predicted molar refractivity (Wildman–Crippen MR) is 93.4 cm³/mol. The second kappa shape index (κ2) is 7.16. The van der Waals surface area contributed by atoms with E-state index in [2.05, 4.69) is 16.1 Å². The Balaban J connectivity index is 1.62. The Hall–Kier alpha value is -2.88. The van der Waals surface area contributed by atoms with E-state index >= 15 is 0 Å². The lowest BCUT2D eigenvalue weighted by Gasteiger charge is -2.17. The average Bonchev–Trinajstić information content (AvgIpc) is 3.25. The van der Waals surface area contributed by atoms with Crippen LogP contribution in [0.3, 0.4) is 0 Å². The molecule has 7 nitrogen and oxygen atoms in total. The van der Waals surface area contributed by atoms with Gasteiger partial charge in [-0.15, -0.1) is 12.3 Å². The molecule has 2 heterocycles. The number of amides is 1. The van der Waals surface area contributed by atoms with Gasteiger partial charge in [-0.05, 0) is 17.7 Å². The van der Waals surface area contributed by atoms with Crippen molar-refractivity contribution in [3.05, 3.63) is 29.8 Å². The number of terminal acetylenes is 1. The Labute approximate surface area is 151 Å². The van der Waals surface area contributed by atoms with Gasteiger partial charge in [0.05, 0.1) is 5.92 Å². The van der Waals surface area contributed by atoms with Crippen molar-refractivity contribution in [2.45, 2.75) is 37.3 Å².